The van der Waals surface area contributed by atoms with Crippen LogP contribution in [0.1, 0.15) is 29.3 Å². The zero-order valence-electron chi connectivity index (χ0n) is 10.4. The summed E-state index contributed by atoms with van der Waals surface area (Å²) in [7, 11) is -5.69. The average molecular weight is 308 g/mol. The Kier molecular flexibility index (Phi) is 3.53. The van der Waals surface area contributed by atoms with E-state index in [1.807, 2.05) is 0 Å². The van der Waals surface area contributed by atoms with Gasteiger partial charge in [0.1, 0.15) is 5.75 Å². The fraction of sp³-hybridized carbons (Fsp3) is 0.417. The largest absolute Gasteiger partial charge is 0.534 e. The molecule has 0 aromatic heterocycles. The van der Waals surface area contributed by atoms with Crippen LogP contribution < -0.4 is 4.18 Å². The minimum atomic E-state index is -5.69. The Balaban J connectivity index is 2.32. The third-order valence-electron chi connectivity index (χ3n) is 3.13. The van der Waals surface area contributed by atoms with Crippen molar-refractivity contribution in [2.24, 2.45) is 5.92 Å². The van der Waals surface area contributed by atoms with Gasteiger partial charge in [0, 0.05) is 11.5 Å². The Hall–Kier alpha value is -1.57. The molecule has 0 amide bonds. The first-order chi connectivity index (χ1) is 9.12. The first kappa shape index (κ1) is 14.8. The first-order valence-electron chi connectivity index (χ1n) is 5.80. The summed E-state index contributed by atoms with van der Waals surface area (Å²) in [6.07, 6.45) is 1.06. The summed E-state index contributed by atoms with van der Waals surface area (Å²) >= 11 is 0. The van der Waals surface area contributed by atoms with Gasteiger partial charge in [-0.25, -0.2) is 0 Å². The van der Waals surface area contributed by atoms with Gasteiger partial charge in [-0.1, -0.05) is 6.92 Å². The van der Waals surface area contributed by atoms with Crippen LogP contribution in [0.2, 0.25) is 0 Å². The zero-order valence-corrected chi connectivity index (χ0v) is 11.2. The van der Waals surface area contributed by atoms with Gasteiger partial charge in [0.2, 0.25) is 0 Å². The van der Waals surface area contributed by atoms with E-state index in [0.29, 0.717) is 24.0 Å². The quantitative estimate of drug-likeness (QED) is 0.622. The molecule has 0 bridgehead atoms. The lowest BCUT2D eigenvalue weighted by molar-refractivity contribution is -0.0500. The predicted molar refractivity (Wildman–Crippen MR) is 63.9 cm³/mol. The SMILES string of the molecule is CC1CCc2cc(OS(=O)(=O)C(F)(F)F)ccc2C1=O. The highest BCUT2D eigenvalue weighted by atomic mass is 32.2. The first-order valence-corrected chi connectivity index (χ1v) is 7.20. The number of Topliss-reactive ketones (excluding diaryl/α,β-unsaturated/α-hetero) is 1. The van der Waals surface area contributed by atoms with Crippen molar-refractivity contribution < 1.29 is 30.6 Å². The smallest absolute Gasteiger partial charge is 0.376 e. The molecular weight excluding hydrogens is 297 g/mol. The number of hydrogen-bond acceptors (Lipinski definition) is 4. The summed E-state index contributed by atoms with van der Waals surface area (Å²) in [5, 5.41) is 0. The van der Waals surface area contributed by atoms with Crippen molar-refractivity contribution >= 4 is 15.9 Å². The molecule has 0 aliphatic heterocycles. The molecule has 0 N–H and O–H groups in total. The van der Waals surface area contributed by atoms with E-state index in [0.717, 1.165) is 6.07 Å². The number of benzene rings is 1. The standard InChI is InChI=1S/C12H11F3O4S/c1-7-2-3-8-6-9(4-5-10(8)11(7)16)19-20(17,18)12(13,14)15/h4-7H,2-3H2,1H3. The molecule has 0 radical (unpaired) electrons. The molecule has 1 aromatic rings. The molecule has 8 heteroatoms. The van der Waals surface area contributed by atoms with Crippen molar-refractivity contribution in [2.45, 2.75) is 25.3 Å². The van der Waals surface area contributed by atoms with E-state index in [1.54, 1.807) is 6.92 Å². The molecule has 1 atom stereocenters. The number of alkyl halides is 3. The van der Waals surface area contributed by atoms with Crippen LogP contribution in [0.25, 0.3) is 0 Å². The summed E-state index contributed by atoms with van der Waals surface area (Å²) in [4.78, 5) is 11.8. The number of aryl methyl sites for hydroxylation is 1. The van der Waals surface area contributed by atoms with Crippen molar-refractivity contribution in [1.82, 2.24) is 0 Å². The summed E-state index contributed by atoms with van der Waals surface area (Å²) in [5.74, 6) is -0.687. The van der Waals surface area contributed by atoms with Crippen LogP contribution in [-0.4, -0.2) is 19.7 Å². The van der Waals surface area contributed by atoms with Gasteiger partial charge in [0.05, 0.1) is 0 Å². The predicted octanol–water partition coefficient (Wildman–Crippen LogP) is 2.68. The van der Waals surface area contributed by atoms with Crippen LogP contribution in [0.15, 0.2) is 18.2 Å². The van der Waals surface area contributed by atoms with Crippen molar-refractivity contribution in [2.75, 3.05) is 0 Å². The van der Waals surface area contributed by atoms with Crippen LogP contribution in [-0.2, 0) is 16.5 Å². The van der Waals surface area contributed by atoms with Gasteiger partial charge in [-0.2, -0.15) is 21.6 Å². The lowest BCUT2D eigenvalue weighted by Crippen LogP contribution is -2.28. The second-order valence-corrected chi connectivity index (χ2v) is 6.14. The summed E-state index contributed by atoms with van der Waals surface area (Å²) < 4.78 is 62.4. The number of rotatable bonds is 2. The molecule has 0 saturated heterocycles. The molecule has 1 unspecified atom stereocenters. The van der Waals surface area contributed by atoms with E-state index >= 15 is 0 Å². The van der Waals surface area contributed by atoms with Crippen molar-refractivity contribution in [3.8, 4) is 5.75 Å². The van der Waals surface area contributed by atoms with Gasteiger partial charge in [0.25, 0.3) is 0 Å². The molecule has 110 valence electrons. The normalized spacial score (nSPS) is 19.6. The van der Waals surface area contributed by atoms with Gasteiger partial charge in [-0.05, 0) is 36.6 Å². The number of carbonyl (C=O) groups excluding carboxylic acids is 1. The van der Waals surface area contributed by atoms with E-state index in [1.165, 1.54) is 12.1 Å². The number of ketones is 1. The Bertz CT molecular complexity index is 649. The number of hydrogen-bond donors (Lipinski definition) is 0. The summed E-state index contributed by atoms with van der Waals surface area (Å²) in [6.45, 7) is 1.77. The van der Waals surface area contributed by atoms with E-state index in [-0.39, 0.29) is 11.7 Å². The van der Waals surface area contributed by atoms with E-state index in [4.69, 9.17) is 0 Å². The Morgan fingerprint density at radius 3 is 2.55 bits per heavy atom. The summed E-state index contributed by atoms with van der Waals surface area (Å²) in [6, 6.07) is 3.52. The van der Waals surface area contributed by atoms with Gasteiger partial charge < -0.3 is 4.18 Å². The minimum absolute atomic E-state index is 0.100. The van der Waals surface area contributed by atoms with E-state index in [2.05, 4.69) is 4.18 Å². The molecule has 2 rings (SSSR count). The number of fused-ring (bicyclic) bond motifs is 1. The van der Waals surface area contributed by atoms with Crippen LogP contribution in [0.3, 0.4) is 0 Å². The maximum atomic E-state index is 12.2. The van der Waals surface area contributed by atoms with Gasteiger partial charge in [-0.15, -0.1) is 0 Å². The van der Waals surface area contributed by atoms with Gasteiger partial charge in [0.15, 0.2) is 5.78 Å². The second-order valence-electron chi connectivity index (χ2n) is 4.61. The Morgan fingerprint density at radius 1 is 1.30 bits per heavy atom. The highest BCUT2D eigenvalue weighted by Gasteiger charge is 2.48. The van der Waals surface area contributed by atoms with Crippen molar-refractivity contribution in [3.05, 3.63) is 29.3 Å². The molecule has 1 aliphatic carbocycles. The van der Waals surface area contributed by atoms with Crippen molar-refractivity contribution in [3.63, 3.8) is 0 Å². The fourth-order valence-corrected chi connectivity index (χ4v) is 2.46. The highest BCUT2D eigenvalue weighted by Crippen LogP contribution is 2.31. The van der Waals surface area contributed by atoms with Crippen LogP contribution in [0, 0.1) is 5.92 Å². The van der Waals surface area contributed by atoms with Gasteiger partial charge >= 0.3 is 15.6 Å². The molecule has 1 aliphatic rings. The molecule has 4 nitrogen and oxygen atoms in total. The maximum Gasteiger partial charge on any atom is 0.534 e. The Morgan fingerprint density at radius 2 is 1.95 bits per heavy atom. The topological polar surface area (TPSA) is 60.4 Å². The minimum Gasteiger partial charge on any atom is -0.376 e. The molecule has 20 heavy (non-hydrogen) atoms. The van der Waals surface area contributed by atoms with Crippen LogP contribution in [0.4, 0.5) is 13.2 Å². The summed E-state index contributed by atoms with van der Waals surface area (Å²) in [5.41, 5.74) is -4.57. The molecular formula is C12H11F3O4S. The fourth-order valence-electron chi connectivity index (χ4n) is 2.01. The maximum absolute atomic E-state index is 12.2. The zero-order chi connectivity index (χ0) is 15.1. The number of halogens is 3. The third kappa shape index (κ3) is 2.65. The van der Waals surface area contributed by atoms with Crippen LogP contribution in [0.5, 0.6) is 5.75 Å². The second kappa shape index (κ2) is 4.76. The number of carbonyl (C=O) groups is 1. The highest BCUT2D eigenvalue weighted by molar-refractivity contribution is 7.88. The third-order valence-corrected chi connectivity index (χ3v) is 4.10. The molecule has 0 heterocycles. The molecule has 0 fully saturated rings. The van der Waals surface area contributed by atoms with E-state index in [9.17, 15) is 26.4 Å². The molecule has 0 spiro atoms. The molecule has 0 saturated carbocycles. The van der Waals surface area contributed by atoms with Gasteiger partial charge in [-0.3, -0.25) is 4.79 Å². The monoisotopic (exact) mass is 308 g/mol. The van der Waals surface area contributed by atoms with Crippen LogP contribution >= 0.6 is 0 Å². The lowest BCUT2D eigenvalue weighted by atomic mass is 9.84. The van der Waals surface area contributed by atoms with Crippen molar-refractivity contribution in [1.29, 1.82) is 0 Å². The molecule has 1 aromatic carbocycles. The van der Waals surface area contributed by atoms with E-state index < -0.39 is 21.4 Å². The average Bonchev–Trinajstić information content (AvgIpc) is 2.32. The lowest BCUT2D eigenvalue weighted by Gasteiger charge is -2.20. The Labute approximate surface area is 113 Å².